The highest BCUT2D eigenvalue weighted by Gasteiger charge is 2.55. The molecule has 33 heavy (non-hydrogen) atoms. The molecule has 0 radical (unpaired) electrons. The van der Waals surface area contributed by atoms with Gasteiger partial charge in [-0.05, 0) is 31.9 Å². The molecule has 1 aliphatic carbocycles. The van der Waals surface area contributed by atoms with Crippen molar-refractivity contribution in [1.29, 1.82) is 0 Å². The molecule has 11 heteroatoms. The standard InChI is InChI=1S/C22H25F3N6O2/c1-12-6-16-19(27-13(12)2)28-21(29-20(16)33-11-14-7-17(14)22(23,24)25)31-4-5-32-18(10-31)15-8-26-30(3)9-15/h6,8-9,14,17-18H,4-5,7,10-11H2,1-3H3. The smallest absolute Gasteiger partial charge is 0.392 e. The summed E-state index contributed by atoms with van der Waals surface area (Å²) in [4.78, 5) is 15.8. The molecule has 1 saturated carbocycles. The summed E-state index contributed by atoms with van der Waals surface area (Å²) in [6, 6.07) is 1.88. The second kappa shape index (κ2) is 8.12. The van der Waals surface area contributed by atoms with Crippen molar-refractivity contribution in [3.05, 3.63) is 35.3 Å². The number of aromatic nitrogens is 5. The fourth-order valence-electron chi connectivity index (χ4n) is 4.12. The SMILES string of the molecule is Cc1cc2c(OCC3CC3C(F)(F)F)nc(N3CCOC(c4cnn(C)c4)C3)nc2nc1C. The Labute approximate surface area is 188 Å². The third kappa shape index (κ3) is 4.46. The minimum atomic E-state index is -4.18. The van der Waals surface area contributed by atoms with Gasteiger partial charge in [0, 0.05) is 37.0 Å². The van der Waals surface area contributed by atoms with Gasteiger partial charge in [0.1, 0.15) is 6.10 Å². The van der Waals surface area contributed by atoms with E-state index in [-0.39, 0.29) is 25.0 Å². The van der Waals surface area contributed by atoms with E-state index < -0.39 is 18.0 Å². The number of hydrogen-bond donors (Lipinski definition) is 0. The maximum Gasteiger partial charge on any atom is 0.392 e. The Balaban J connectivity index is 1.43. The molecule has 3 unspecified atom stereocenters. The molecule has 0 bridgehead atoms. The van der Waals surface area contributed by atoms with Crippen LogP contribution in [0.4, 0.5) is 19.1 Å². The number of anilines is 1. The van der Waals surface area contributed by atoms with Crippen LogP contribution in [0, 0.1) is 25.7 Å². The fraction of sp³-hybridized carbons (Fsp3) is 0.545. The number of ether oxygens (including phenoxy) is 2. The number of fused-ring (bicyclic) bond motifs is 1. The van der Waals surface area contributed by atoms with Crippen molar-refractivity contribution in [3.63, 3.8) is 0 Å². The summed E-state index contributed by atoms with van der Waals surface area (Å²) in [5, 5.41) is 4.81. The van der Waals surface area contributed by atoms with E-state index in [0.717, 1.165) is 16.8 Å². The Kier molecular flexibility index (Phi) is 5.38. The minimum absolute atomic E-state index is 0.0376. The first-order valence-corrected chi connectivity index (χ1v) is 10.9. The van der Waals surface area contributed by atoms with Crippen LogP contribution in [0.15, 0.2) is 18.5 Å². The molecule has 0 spiro atoms. The van der Waals surface area contributed by atoms with Crippen LogP contribution in [0.2, 0.25) is 0 Å². The van der Waals surface area contributed by atoms with Crippen LogP contribution in [0.5, 0.6) is 5.88 Å². The van der Waals surface area contributed by atoms with Gasteiger partial charge in [-0.15, -0.1) is 0 Å². The molecule has 3 aromatic rings. The summed E-state index contributed by atoms with van der Waals surface area (Å²) in [6.07, 6.45) is -0.610. The fourth-order valence-corrected chi connectivity index (χ4v) is 4.12. The van der Waals surface area contributed by atoms with E-state index in [9.17, 15) is 13.2 Å². The summed E-state index contributed by atoms with van der Waals surface area (Å²) < 4.78 is 52.3. The van der Waals surface area contributed by atoms with E-state index in [1.165, 1.54) is 0 Å². The number of rotatable bonds is 5. The van der Waals surface area contributed by atoms with Crippen molar-refractivity contribution in [1.82, 2.24) is 24.7 Å². The average molecular weight is 462 g/mol. The van der Waals surface area contributed by atoms with Crippen LogP contribution in [-0.2, 0) is 11.8 Å². The van der Waals surface area contributed by atoms with Gasteiger partial charge in [0.15, 0.2) is 5.65 Å². The van der Waals surface area contributed by atoms with E-state index >= 15 is 0 Å². The van der Waals surface area contributed by atoms with Gasteiger partial charge in [-0.25, -0.2) is 4.98 Å². The summed E-state index contributed by atoms with van der Waals surface area (Å²) in [7, 11) is 1.85. The maximum atomic E-state index is 12.9. The largest absolute Gasteiger partial charge is 0.477 e. The summed E-state index contributed by atoms with van der Waals surface area (Å²) in [5.74, 6) is -1.15. The molecule has 0 aromatic carbocycles. The molecule has 0 amide bonds. The molecular weight excluding hydrogens is 437 g/mol. The maximum absolute atomic E-state index is 12.9. The lowest BCUT2D eigenvalue weighted by atomic mass is 10.1. The number of aryl methyl sites for hydroxylation is 3. The monoisotopic (exact) mass is 462 g/mol. The average Bonchev–Trinajstić information content (AvgIpc) is 3.45. The predicted octanol–water partition coefficient (Wildman–Crippen LogP) is 3.53. The van der Waals surface area contributed by atoms with E-state index in [0.29, 0.717) is 36.7 Å². The second-order valence-electron chi connectivity index (χ2n) is 8.80. The van der Waals surface area contributed by atoms with E-state index in [4.69, 9.17) is 9.47 Å². The topological polar surface area (TPSA) is 78.2 Å². The van der Waals surface area contributed by atoms with Crippen LogP contribution < -0.4 is 9.64 Å². The lowest BCUT2D eigenvalue weighted by molar-refractivity contribution is -0.151. The summed E-state index contributed by atoms with van der Waals surface area (Å²) >= 11 is 0. The molecular formula is C22H25F3N6O2. The zero-order valence-electron chi connectivity index (χ0n) is 18.6. The number of alkyl halides is 3. The normalized spacial score (nSPS) is 23.2. The number of halogens is 3. The Morgan fingerprint density at radius 3 is 2.73 bits per heavy atom. The zero-order chi connectivity index (χ0) is 23.3. The van der Waals surface area contributed by atoms with Crippen molar-refractivity contribution in [2.24, 2.45) is 18.9 Å². The molecule has 1 aliphatic heterocycles. The van der Waals surface area contributed by atoms with Gasteiger partial charge in [-0.1, -0.05) is 0 Å². The molecule has 8 nitrogen and oxygen atoms in total. The van der Waals surface area contributed by atoms with Gasteiger partial charge in [-0.3, -0.25) is 4.68 Å². The van der Waals surface area contributed by atoms with Gasteiger partial charge >= 0.3 is 6.18 Å². The third-order valence-corrected chi connectivity index (χ3v) is 6.31. The second-order valence-corrected chi connectivity index (χ2v) is 8.80. The third-order valence-electron chi connectivity index (χ3n) is 6.31. The van der Waals surface area contributed by atoms with Gasteiger partial charge in [-0.2, -0.15) is 28.2 Å². The first-order valence-electron chi connectivity index (χ1n) is 10.9. The molecule has 4 heterocycles. The molecule has 3 atom stereocenters. The van der Waals surface area contributed by atoms with E-state index in [2.05, 4.69) is 20.1 Å². The van der Waals surface area contributed by atoms with Crippen LogP contribution in [0.1, 0.15) is 29.3 Å². The van der Waals surface area contributed by atoms with E-state index in [1.54, 1.807) is 10.9 Å². The van der Waals surface area contributed by atoms with Gasteiger partial charge < -0.3 is 14.4 Å². The summed E-state index contributed by atoms with van der Waals surface area (Å²) in [6.45, 7) is 5.34. The molecule has 0 N–H and O–H groups in total. The molecule has 5 rings (SSSR count). The first-order chi connectivity index (χ1) is 15.7. The lowest BCUT2D eigenvalue weighted by Gasteiger charge is -2.32. The molecule has 2 aliphatic rings. The Morgan fingerprint density at radius 2 is 2.03 bits per heavy atom. The van der Waals surface area contributed by atoms with Gasteiger partial charge in [0.2, 0.25) is 11.8 Å². The first kappa shape index (κ1) is 21.9. The van der Waals surface area contributed by atoms with Crippen LogP contribution in [-0.4, -0.2) is 57.2 Å². The predicted molar refractivity (Wildman–Crippen MR) is 114 cm³/mol. The van der Waals surface area contributed by atoms with Gasteiger partial charge in [0.25, 0.3) is 0 Å². The Hall–Kier alpha value is -2.95. The van der Waals surface area contributed by atoms with Crippen molar-refractivity contribution in [3.8, 4) is 5.88 Å². The summed E-state index contributed by atoms with van der Waals surface area (Å²) in [5.41, 5.74) is 3.18. The molecule has 3 aromatic heterocycles. The van der Waals surface area contributed by atoms with Crippen LogP contribution >= 0.6 is 0 Å². The van der Waals surface area contributed by atoms with Crippen LogP contribution in [0.3, 0.4) is 0 Å². The molecule has 176 valence electrons. The minimum Gasteiger partial charge on any atom is -0.477 e. The van der Waals surface area contributed by atoms with Crippen LogP contribution in [0.25, 0.3) is 11.0 Å². The van der Waals surface area contributed by atoms with Crippen molar-refractivity contribution >= 4 is 17.0 Å². The molecule has 1 saturated heterocycles. The van der Waals surface area contributed by atoms with Crippen molar-refractivity contribution in [2.45, 2.75) is 32.5 Å². The Morgan fingerprint density at radius 1 is 1.21 bits per heavy atom. The number of pyridine rings is 1. The quantitative estimate of drug-likeness (QED) is 0.574. The van der Waals surface area contributed by atoms with E-state index in [1.807, 2.05) is 38.1 Å². The Bertz CT molecular complexity index is 1180. The zero-order valence-corrected chi connectivity index (χ0v) is 18.6. The van der Waals surface area contributed by atoms with Crippen molar-refractivity contribution < 1.29 is 22.6 Å². The highest BCUT2D eigenvalue weighted by Crippen LogP contribution is 2.50. The highest BCUT2D eigenvalue weighted by molar-refractivity contribution is 5.82. The highest BCUT2D eigenvalue weighted by atomic mass is 19.4. The number of morpholine rings is 1. The van der Waals surface area contributed by atoms with Crippen molar-refractivity contribution in [2.75, 3.05) is 31.2 Å². The number of nitrogens with zero attached hydrogens (tertiary/aromatic N) is 6. The van der Waals surface area contributed by atoms with Gasteiger partial charge in [0.05, 0.1) is 37.3 Å². The lowest BCUT2D eigenvalue weighted by Crippen LogP contribution is -2.39. The number of hydrogen-bond acceptors (Lipinski definition) is 7. The molecule has 2 fully saturated rings.